The van der Waals surface area contributed by atoms with Crippen LogP contribution in [0.4, 0.5) is 8.78 Å². The number of hydrogen-bond donors (Lipinski definition) is 1. The number of ether oxygens (including phenoxy) is 1. The summed E-state index contributed by atoms with van der Waals surface area (Å²) in [6, 6.07) is 1.91. The van der Waals surface area contributed by atoms with Crippen molar-refractivity contribution in [3.05, 3.63) is 21.4 Å². The third-order valence-corrected chi connectivity index (χ3v) is 2.89. The van der Waals surface area contributed by atoms with Crippen molar-refractivity contribution in [1.29, 1.82) is 0 Å². The first-order valence-electron chi connectivity index (χ1n) is 4.27. The molecule has 0 aliphatic carbocycles. The van der Waals surface area contributed by atoms with Crippen LogP contribution in [0.5, 0.6) is 0 Å². The van der Waals surface area contributed by atoms with Gasteiger partial charge in [-0.1, -0.05) is 0 Å². The second-order valence-corrected chi connectivity index (χ2v) is 4.25. The van der Waals surface area contributed by atoms with Gasteiger partial charge in [-0.25, -0.2) is 8.78 Å². The Bertz CT molecular complexity index is 288. The van der Waals surface area contributed by atoms with Gasteiger partial charge in [-0.05, 0) is 18.6 Å². The summed E-state index contributed by atoms with van der Waals surface area (Å²) < 4.78 is 28.4. The van der Waals surface area contributed by atoms with Crippen LogP contribution in [0, 0.1) is 6.92 Å². The van der Waals surface area contributed by atoms with Crippen LogP contribution in [0.15, 0.2) is 6.07 Å². The Balaban J connectivity index is 2.45. The number of alkyl halides is 2. The number of thiophene rings is 1. The van der Waals surface area contributed by atoms with E-state index in [9.17, 15) is 8.78 Å². The fraction of sp³-hybridized carbons (Fsp3) is 0.556. The van der Waals surface area contributed by atoms with Crippen molar-refractivity contribution in [2.75, 3.05) is 6.61 Å². The summed E-state index contributed by atoms with van der Waals surface area (Å²) in [6.07, 6.45) is -2.40. The summed E-state index contributed by atoms with van der Waals surface area (Å²) in [4.78, 5) is 2.14. The Morgan fingerprint density at radius 2 is 2.29 bits per heavy atom. The predicted molar refractivity (Wildman–Crippen MR) is 52.6 cm³/mol. The highest BCUT2D eigenvalue weighted by Gasteiger charge is 2.06. The van der Waals surface area contributed by atoms with Crippen molar-refractivity contribution in [2.24, 2.45) is 5.73 Å². The molecule has 0 aromatic carbocycles. The minimum Gasteiger partial charge on any atom is -0.371 e. The van der Waals surface area contributed by atoms with Crippen molar-refractivity contribution in [2.45, 2.75) is 26.5 Å². The van der Waals surface area contributed by atoms with E-state index in [1.54, 1.807) is 11.3 Å². The number of hydrogen-bond acceptors (Lipinski definition) is 3. The third-order valence-electron chi connectivity index (χ3n) is 1.77. The Morgan fingerprint density at radius 1 is 1.57 bits per heavy atom. The minimum absolute atomic E-state index is 0.243. The van der Waals surface area contributed by atoms with Crippen LogP contribution in [0.3, 0.4) is 0 Å². The molecule has 0 bridgehead atoms. The van der Waals surface area contributed by atoms with Crippen LogP contribution in [-0.2, 0) is 17.9 Å². The van der Waals surface area contributed by atoms with Gasteiger partial charge in [0, 0.05) is 16.3 Å². The van der Waals surface area contributed by atoms with Crippen molar-refractivity contribution in [3.8, 4) is 0 Å². The molecule has 5 heteroatoms. The van der Waals surface area contributed by atoms with Gasteiger partial charge in [-0.3, -0.25) is 0 Å². The molecule has 0 aliphatic rings. The average molecular weight is 221 g/mol. The van der Waals surface area contributed by atoms with Gasteiger partial charge in [0.05, 0.1) is 6.61 Å². The predicted octanol–water partition coefficient (Wildman–Crippen LogP) is 2.30. The van der Waals surface area contributed by atoms with E-state index < -0.39 is 13.0 Å². The lowest BCUT2D eigenvalue weighted by Crippen LogP contribution is -2.04. The highest BCUT2D eigenvalue weighted by Crippen LogP contribution is 2.21. The van der Waals surface area contributed by atoms with E-state index in [0.29, 0.717) is 6.54 Å². The molecular weight excluding hydrogens is 208 g/mol. The van der Waals surface area contributed by atoms with Gasteiger partial charge in [-0.2, -0.15) is 0 Å². The molecule has 1 rings (SSSR count). The molecule has 0 aliphatic heterocycles. The number of rotatable bonds is 5. The van der Waals surface area contributed by atoms with E-state index in [1.165, 1.54) is 0 Å². The van der Waals surface area contributed by atoms with E-state index in [-0.39, 0.29) is 6.61 Å². The molecule has 1 aromatic heterocycles. The van der Waals surface area contributed by atoms with Gasteiger partial charge in [0.1, 0.15) is 6.61 Å². The van der Waals surface area contributed by atoms with Crippen LogP contribution in [0.2, 0.25) is 0 Å². The van der Waals surface area contributed by atoms with E-state index in [1.807, 2.05) is 13.0 Å². The van der Waals surface area contributed by atoms with Crippen LogP contribution >= 0.6 is 11.3 Å². The van der Waals surface area contributed by atoms with Crippen molar-refractivity contribution < 1.29 is 13.5 Å². The SMILES string of the molecule is Cc1sc(CN)cc1COCC(F)F. The lowest BCUT2D eigenvalue weighted by atomic mass is 10.2. The largest absolute Gasteiger partial charge is 0.371 e. The molecular formula is C9H13F2NOS. The second kappa shape index (κ2) is 5.38. The maximum absolute atomic E-state index is 11.8. The van der Waals surface area contributed by atoms with E-state index in [2.05, 4.69) is 0 Å². The molecule has 0 radical (unpaired) electrons. The maximum Gasteiger partial charge on any atom is 0.261 e. The standard InChI is InChI=1S/C9H13F2NOS/c1-6-7(2-8(3-12)14-6)4-13-5-9(10)11/h2,9H,3-5,12H2,1H3. The molecule has 0 saturated heterocycles. The van der Waals surface area contributed by atoms with Gasteiger partial charge in [0.2, 0.25) is 0 Å². The zero-order chi connectivity index (χ0) is 10.6. The Labute approximate surface area is 85.7 Å². The smallest absolute Gasteiger partial charge is 0.261 e. The van der Waals surface area contributed by atoms with Gasteiger partial charge in [0.15, 0.2) is 0 Å². The summed E-state index contributed by atoms with van der Waals surface area (Å²) in [7, 11) is 0. The number of halogens is 2. The second-order valence-electron chi connectivity index (χ2n) is 2.90. The fourth-order valence-corrected chi connectivity index (χ4v) is 2.02. The van der Waals surface area contributed by atoms with Gasteiger partial charge in [-0.15, -0.1) is 11.3 Å². The third kappa shape index (κ3) is 3.32. The Hall–Kier alpha value is -0.520. The van der Waals surface area contributed by atoms with Crippen LogP contribution in [-0.4, -0.2) is 13.0 Å². The molecule has 0 unspecified atom stereocenters. The van der Waals surface area contributed by atoms with E-state index in [4.69, 9.17) is 10.5 Å². The molecule has 1 heterocycles. The molecule has 0 amide bonds. The highest BCUT2D eigenvalue weighted by atomic mass is 32.1. The molecule has 14 heavy (non-hydrogen) atoms. The summed E-state index contributed by atoms with van der Waals surface area (Å²) in [5.41, 5.74) is 6.41. The van der Waals surface area contributed by atoms with E-state index in [0.717, 1.165) is 15.3 Å². The molecule has 80 valence electrons. The molecule has 2 N–H and O–H groups in total. The monoisotopic (exact) mass is 221 g/mol. The lowest BCUT2D eigenvalue weighted by Gasteiger charge is -2.01. The zero-order valence-electron chi connectivity index (χ0n) is 7.93. The summed E-state index contributed by atoms with van der Waals surface area (Å²) in [5, 5.41) is 0. The number of nitrogens with two attached hydrogens (primary N) is 1. The zero-order valence-corrected chi connectivity index (χ0v) is 8.74. The van der Waals surface area contributed by atoms with E-state index >= 15 is 0 Å². The lowest BCUT2D eigenvalue weighted by molar-refractivity contribution is 0.00983. The normalized spacial score (nSPS) is 11.2. The Kier molecular flexibility index (Phi) is 4.44. The quantitative estimate of drug-likeness (QED) is 0.828. The van der Waals surface area contributed by atoms with Crippen LogP contribution in [0.25, 0.3) is 0 Å². The van der Waals surface area contributed by atoms with Crippen LogP contribution in [0.1, 0.15) is 15.3 Å². The molecule has 0 fully saturated rings. The molecule has 0 saturated carbocycles. The van der Waals surface area contributed by atoms with Gasteiger partial charge < -0.3 is 10.5 Å². The molecule has 2 nitrogen and oxygen atoms in total. The highest BCUT2D eigenvalue weighted by molar-refractivity contribution is 7.12. The minimum atomic E-state index is -2.40. The summed E-state index contributed by atoms with van der Waals surface area (Å²) in [5.74, 6) is 0. The van der Waals surface area contributed by atoms with Gasteiger partial charge >= 0.3 is 0 Å². The number of aryl methyl sites for hydroxylation is 1. The Morgan fingerprint density at radius 3 is 2.79 bits per heavy atom. The van der Waals surface area contributed by atoms with Crippen molar-refractivity contribution in [1.82, 2.24) is 0 Å². The summed E-state index contributed by atoms with van der Waals surface area (Å²) >= 11 is 1.58. The first-order chi connectivity index (χ1) is 6.63. The van der Waals surface area contributed by atoms with Crippen molar-refractivity contribution >= 4 is 11.3 Å². The van der Waals surface area contributed by atoms with Crippen molar-refractivity contribution in [3.63, 3.8) is 0 Å². The first-order valence-corrected chi connectivity index (χ1v) is 5.09. The fourth-order valence-electron chi connectivity index (χ4n) is 1.09. The molecule has 1 aromatic rings. The topological polar surface area (TPSA) is 35.2 Å². The van der Waals surface area contributed by atoms with Gasteiger partial charge in [0.25, 0.3) is 6.43 Å². The first kappa shape index (κ1) is 11.6. The molecule has 0 spiro atoms. The van der Waals surface area contributed by atoms with Crippen LogP contribution < -0.4 is 5.73 Å². The summed E-state index contributed by atoms with van der Waals surface area (Å²) in [6.45, 7) is 2.16. The average Bonchev–Trinajstić information content (AvgIpc) is 2.47. The molecule has 0 atom stereocenters. The maximum atomic E-state index is 11.8.